The third kappa shape index (κ3) is 5.64. The van der Waals surface area contributed by atoms with Crippen molar-refractivity contribution in [2.45, 2.75) is 38.6 Å². The Kier molecular flexibility index (Phi) is 7.20. The van der Waals surface area contributed by atoms with E-state index in [1.165, 1.54) is 27.8 Å². The van der Waals surface area contributed by atoms with Crippen molar-refractivity contribution in [3.8, 4) is 0 Å². The lowest BCUT2D eigenvalue weighted by molar-refractivity contribution is -0.134. The van der Waals surface area contributed by atoms with Crippen molar-refractivity contribution in [1.82, 2.24) is 14.8 Å². The number of likely N-dealkylation sites (N-methyl/N-ethyl adjacent to an activating group) is 1. The number of aromatic nitrogens is 1. The molecular formula is C18H23BrN4O5S. The average Bonchev–Trinajstić information content (AvgIpc) is 2.95. The maximum atomic E-state index is 12.5. The van der Waals surface area contributed by atoms with Crippen LogP contribution in [0.5, 0.6) is 0 Å². The van der Waals surface area contributed by atoms with Crippen molar-refractivity contribution in [3.05, 3.63) is 39.7 Å². The molecule has 0 saturated heterocycles. The third-order valence-corrected chi connectivity index (χ3v) is 6.44. The number of amides is 2. The summed E-state index contributed by atoms with van der Waals surface area (Å²) >= 11 is 3.35. The molecule has 0 aliphatic rings. The van der Waals surface area contributed by atoms with Gasteiger partial charge in [-0.2, -0.15) is 4.72 Å². The van der Waals surface area contributed by atoms with Crippen molar-refractivity contribution < 1.29 is 22.5 Å². The van der Waals surface area contributed by atoms with Gasteiger partial charge in [0.05, 0.1) is 12.6 Å². The smallest absolute Gasteiger partial charge is 0.246 e. The lowest BCUT2D eigenvalue weighted by atomic mass is 10.2. The molecule has 0 saturated carbocycles. The Hall–Kier alpha value is -2.24. The summed E-state index contributed by atoms with van der Waals surface area (Å²) in [6, 6.07) is 4.32. The first kappa shape index (κ1) is 23.0. The van der Waals surface area contributed by atoms with Crippen molar-refractivity contribution >= 4 is 43.5 Å². The number of hydrogen-bond acceptors (Lipinski definition) is 6. The molecule has 0 aliphatic heterocycles. The number of hydrogen-bond donors (Lipinski definition) is 2. The minimum atomic E-state index is -4.00. The van der Waals surface area contributed by atoms with E-state index in [9.17, 15) is 18.0 Å². The minimum absolute atomic E-state index is 0.0942. The van der Waals surface area contributed by atoms with E-state index in [2.05, 4.69) is 31.1 Å². The summed E-state index contributed by atoms with van der Waals surface area (Å²) in [5, 5.41) is 6.35. The van der Waals surface area contributed by atoms with Crippen LogP contribution in [0, 0.1) is 20.8 Å². The molecule has 1 atom stereocenters. The highest BCUT2D eigenvalue weighted by molar-refractivity contribution is 9.10. The molecule has 0 fully saturated rings. The molecule has 2 rings (SSSR count). The molecule has 0 radical (unpaired) electrons. The fourth-order valence-electron chi connectivity index (χ4n) is 2.78. The molecule has 2 N–H and O–H groups in total. The van der Waals surface area contributed by atoms with E-state index in [1.807, 2.05) is 13.0 Å². The molecule has 0 spiro atoms. The Morgan fingerprint density at radius 3 is 2.48 bits per heavy atom. The van der Waals surface area contributed by atoms with Gasteiger partial charge < -0.3 is 14.7 Å². The first-order chi connectivity index (χ1) is 13.4. The van der Waals surface area contributed by atoms with E-state index in [1.54, 1.807) is 12.1 Å². The van der Waals surface area contributed by atoms with Gasteiger partial charge in [0.15, 0.2) is 5.76 Å². The first-order valence-electron chi connectivity index (χ1n) is 8.68. The Labute approximate surface area is 178 Å². The van der Waals surface area contributed by atoms with Gasteiger partial charge in [-0.15, -0.1) is 0 Å². The summed E-state index contributed by atoms with van der Waals surface area (Å²) in [6.45, 7) is 6.00. The molecule has 0 bridgehead atoms. The molecule has 29 heavy (non-hydrogen) atoms. The summed E-state index contributed by atoms with van der Waals surface area (Å²) in [4.78, 5) is 25.9. The number of nitrogens with zero attached hydrogens (tertiary/aromatic N) is 2. The highest BCUT2D eigenvalue weighted by Crippen LogP contribution is 2.20. The average molecular weight is 487 g/mol. The van der Waals surface area contributed by atoms with Crippen LogP contribution in [0.3, 0.4) is 0 Å². The molecule has 0 unspecified atom stereocenters. The van der Waals surface area contributed by atoms with Crippen LogP contribution >= 0.6 is 15.9 Å². The summed E-state index contributed by atoms with van der Waals surface area (Å²) < 4.78 is 33.1. The zero-order chi connectivity index (χ0) is 21.9. The molecular weight excluding hydrogens is 464 g/mol. The van der Waals surface area contributed by atoms with Crippen molar-refractivity contribution in [2.75, 3.05) is 18.9 Å². The number of carbonyl (C=O) groups excluding carboxylic acids is 2. The fourth-order valence-corrected chi connectivity index (χ4v) is 4.78. The van der Waals surface area contributed by atoms with Gasteiger partial charge >= 0.3 is 0 Å². The number of aryl methyl sites for hydroxylation is 3. The second-order valence-electron chi connectivity index (χ2n) is 6.70. The molecule has 1 heterocycles. The lowest BCUT2D eigenvalue weighted by Crippen LogP contribution is -2.47. The van der Waals surface area contributed by atoms with E-state index in [4.69, 9.17) is 4.52 Å². The Morgan fingerprint density at radius 1 is 1.28 bits per heavy atom. The number of benzene rings is 1. The summed E-state index contributed by atoms with van der Waals surface area (Å²) in [5.74, 6) is -0.817. The molecule has 1 aromatic heterocycles. The topological polar surface area (TPSA) is 122 Å². The summed E-state index contributed by atoms with van der Waals surface area (Å²) in [6.07, 6.45) is 0. The van der Waals surface area contributed by atoms with Crippen LogP contribution in [0.1, 0.15) is 23.9 Å². The van der Waals surface area contributed by atoms with Crippen LogP contribution in [0.2, 0.25) is 0 Å². The highest BCUT2D eigenvalue weighted by Gasteiger charge is 2.29. The van der Waals surface area contributed by atoms with Gasteiger partial charge in [0.1, 0.15) is 10.6 Å². The zero-order valence-corrected chi connectivity index (χ0v) is 19.1. The molecule has 9 nitrogen and oxygen atoms in total. The molecule has 11 heteroatoms. The molecule has 1 aromatic carbocycles. The Balaban J connectivity index is 2.01. The van der Waals surface area contributed by atoms with Crippen LogP contribution in [0.4, 0.5) is 5.69 Å². The van der Waals surface area contributed by atoms with Gasteiger partial charge in [-0.05, 0) is 51.5 Å². The largest absolute Gasteiger partial charge is 0.360 e. The molecule has 0 aliphatic carbocycles. The number of nitrogens with one attached hydrogen (secondary N) is 2. The maximum Gasteiger partial charge on any atom is 0.246 e. The van der Waals surface area contributed by atoms with E-state index in [0.717, 1.165) is 14.9 Å². The standard InChI is InChI=1S/C18H23BrN4O5S/c1-10-8-14(19)6-7-15(10)20-16(24)9-23(5)18(25)12(3)22-29(26,27)17-11(2)21-28-13(17)4/h6-8,12,22H,9H2,1-5H3,(H,20,24)/t12-/m0/s1. The molecule has 158 valence electrons. The van der Waals surface area contributed by atoms with Gasteiger partial charge in [-0.25, -0.2) is 8.42 Å². The number of anilines is 1. The number of carbonyl (C=O) groups is 2. The van der Waals surface area contributed by atoms with E-state index >= 15 is 0 Å². The first-order valence-corrected chi connectivity index (χ1v) is 11.0. The van der Waals surface area contributed by atoms with Crippen molar-refractivity contribution in [2.24, 2.45) is 0 Å². The number of halogens is 1. The van der Waals surface area contributed by atoms with Crippen LogP contribution in [-0.2, 0) is 19.6 Å². The van der Waals surface area contributed by atoms with Gasteiger partial charge in [-0.1, -0.05) is 21.1 Å². The second kappa shape index (κ2) is 9.06. The fraction of sp³-hybridized carbons (Fsp3) is 0.389. The lowest BCUT2D eigenvalue weighted by Gasteiger charge is -2.22. The van der Waals surface area contributed by atoms with Gasteiger partial charge in [0.2, 0.25) is 21.8 Å². The van der Waals surface area contributed by atoms with Crippen LogP contribution in [0.25, 0.3) is 0 Å². The van der Waals surface area contributed by atoms with Gasteiger partial charge in [0, 0.05) is 17.2 Å². The van der Waals surface area contributed by atoms with Gasteiger partial charge in [-0.3, -0.25) is 9.59 Å². The zero-order valence-electron chi connectivity index (χ0n) is 16.7. The van der Waals surface area contributed by atoms with E-state index in [-0.39, 0.29) is 22.9 Å². The maximum absolute atomic E-state index is 12.5. The third-order valence-electron chi connectivity index (χ3n) is 4.16. The quantitative estimate of drug-likeness (QED) is 0.617. The predicted molar refractivity (Wildman–Crippen MR) is 111 cm³/mol. The van der Waals surface area contributed by atoms with E-state index < -0.39 is 27.9 Å². The second-order valence-corrected chi connectivity index (χ2v) is 9.26. The number of rotatable bonds is 7. The number of sulfonamides is 1. The van der Waals surface area contributed by atoms with Crippen LogP contribution < -0.4 is 10.0 Å². The van der Waals surface area contributed by atoms with Crippen LogP contribution in [-0.4, -0.2) is 49.9 Å². The Bertz CT molecular complexity index is 1020. The monoisotopic (exact) mass is 486 g/mol. The van der Waals surface area contributed by atoms with Crippen LogP contribution in [0.15, 0.2) is 32.1 Å². The van der Waals surface area contributed by atoms with E-state index in [0.29, 0.717) is 5.69 Å². The summed E-state index contributed by atoms with van der Waals surface area (Å²) in [7, 11) is -2.57. The van der Waals surface area contributed by atoms with Gasteiger partial charge in [0.25, 0.3) is 0 Å². The van der Waals surface area contributed by atoms with Crippen molar-refractivity contribution in [3.63, 3.8) is 0 Å². The molecule has 2 aromatic rings. The predicted octanol–water partition coefficient (Wildman–Crippen LogP) is 2.13. The normalized spacial score (nSPS) is 12.5. The SMILES string of the molecule is Cc1cc(Br)ccc1NC(=O)CN(C)C(=O)[C@H](C)NS(=O)(=O)c1c(C)noc1C. The minimum Gasteiger partial charge on any atom is -0.360 e. The molecule has 2 amide bonds. The Morgan fingerprint density at radius 2 is 1.93 bits per heavy atom. The summed E-state index contributed by atoms with van der Waals surface area (Å²) in [5.41, 5.74) is 1.70. The highest BCUT2D eigenvalue weighted by atomic mass is 79.9. The van der Waals surface area contributed by atoms with Crippen molar-refractivity contribution in [1.29, 1.82) is 0 Å².